The molecule has 0 radical (unpaired) electrons. The van der Waals surface area contributed by atoms with E-state index < -0.39 is 45.6 Å². The standard InChI is InChI=1S/C21H19Cl3N2O7S/c1-11-14(8-31-12(2)27)34-19-16(25-15(28)9-32-13-6-4-3-5-7-13)18(29)26(19)17(11)20(30)33-10-21(22,23)24/h3-8,16,19H,9-10H2,1-2H3,(H,25,28)/b14-8+/t16?,19-/m1/s1. The summed E-state index contributed by atoms with van der Waals surface area (Å²) in [6.45, 7) is 1.91. The van der Waals surface area contributed by atoms with Crippen LogP contribution >= 0.6 is 46.6 Å². The first-order chi connectivity index (χ1) is 16.0. The molecule has 1 aromatic carbocycles. The van der Waals surface area contributed by atoms with E-state index in [1.54, 1.807) is 37.3 Å². The van der Waals surface area contributed by atoms with Gasteiger partial charge in [-0.25, -0.2) is 4.79 Å². The lowest BCUT2D eigenvalue weighted by Gasteiger charge is -2.49. The maximum atomic E-state index is 12.9. The molecule has 2 amide bonds. The molecular weight excluding hydrogens is 531 g/mol. The predicted molar refractivity (Wildman–Crippen MR) is 126 cm³/mol. The molecule has 13 heteroatoms. The van der Waals surface area contributed by atoms with Gasteiger partial charge in [-0.05, 0) is 24.6 Å². The summed E-state index contributed by atoms with van der Waals surface area (Å²) < 4.78 is 13.6. The highest BCUT2D eigenvalue weighted by Crippen LogP contribution is 2.46. The molecule has 1 N–H and O–H groups in total. The summed E-state index contributed by atoms with van der Waals surface area (Å²) in [6, 6.07) is 7.75. The molecule has 9 nitrogen and oxygen atoms in total. The lowest BCUT2D eigenvalue weighted by molar-refractivity contribution is -0.153. The van der Waals surface area contributed by atoms with Gasteiger partial charge >= 0.3 is 11.9 Å². The van der Waals surface area contributed by atoms with Crippen molar-refractivity contribution in [2.45, 2.75) is 29.1 Å². The lowest BCUT2D eigenvalue weighted by atomic mass is 10.0. The number of rotatable bonds is 7. The largest absolute Gasteiger partial charge is 0.484 e. The molecule has 0 aromatic heterocycles. The number of halogens is 3. The van der Waals surface area contributed by atoms with E-state index in [2.05, 4.69) is 5.32 Å². The number of benzene rings is 1. The van der Waals surface area contributed by atoms with Gasteiger partial charge in [0.25, 0.3) is 11.8 Å². The number of esters is 2. The van der Waals surface area contributed by atoms with Gasteiger partial charge in [0.05, 0.1) is 0 Å². The average Bonchev–Trinajstić information content (AvgIpc) is 2.78. The van der Waals surface area contributed by atoms with Crippen LogP contribution in [-0.2, 0) is 28.7 Å². The summed E-state index contributed by atoms with van der Waals surface area (Å²) in [5.41, 5.74) is 0.217. The summed E-state index contributed by atoms with van der Waals surface area (Å²) in [7, 11) is 0. The third-order valence-electron chi connectivity index (χ3n) is 4.58. The number of para-hydroxylation sites is 1. The number of hydrogen-bond acceptors (Lipinski definition) is 8. The minimum absolute atomic E-state index is 0.104. The quantitative estimate of drug-likeness (QED) is 0.239. The first kappa shape index (κ1) is 26.2. The molecule has 0 aliphatic carbocycles. The Hall–Kier alpha value is -2.40. The topological polar surface area (TPSA) is 111 Å². The number of thioether (sulfide) groups is 1. The fraction of sp³-hybridized carbons (Fsp3) is 0.333. The number of carbonyl (C=O) groups excluding carboxylic acids is 4. The number of nitrogens with zero attached hydrogens (tertiary/aromatic N) is 1. The summed E-state index contributed by atoms with van der Waals surface area (Å²) in [5, 5.41) is 1.90. The van der Waals surface area contributed by atoms with Crippen LogP contribution in [0.3, 0.4) is 0 Å². The molecule has 1 saturated heterocycles. The highest BCUT2D eigenvalue weighted by molar-refractivity contribution is 8.04. The van der Waals surface area contributed by atoms with Crippen molar-refractivity contribution in [3.63, 3.8) is 0 Å². The van der Waals surface area contributed by atoms with Gasteiger partial charge in [0.15, 0.2) is 6.61 Å². The third-order valence-corrected chi connectivity index (χ3v) is 6.29. The van der Waals surface area contributed by atoms with Crippen molar-refractivity contribution in [1.82, 2.24) is 10.2 Å². The Morgan fingerprint density at radius 1 is 1.21 bits per heavy atom. The second kappa shape index (κ2) is 10.9. The molecule has 1 aromatic rings. The SMILES string of the molecule is CC(=O)O/C=C1/S[C@@H]2C(NC(=O)COc3ccccc3)C(=O)N2C(C(=O)OCC(Cl)(Cl)Cl)=C1C. The smallest absolute Gasteiger partial charge is 0.355 e. The van der Waals surface area contributed by atoms with Crippen molar-refractivity contribution in [2.75, 3.05) is 13.2 Å². The molecule has 34 heavy (non-hydrogen) atoms. The van der Waals surface area contributed by atoms with E-state index in [0.717, 1.165) is 11.8 Å². The minimum Gasteiger partial charge on any atom is -0.484 e. The number of carbonyl (C=O) groups is 4. The molecule has 1 unspecified atom stereocenters. The molecular formula is C21H19Cl3N2O7S. The summed E-state index contributed by atoms with van der Waals surface area (Å²) in [4.78, 5) is 50.9. The van der Waals surface area contributed by atoms with Gasteiger partial charge in [-0.2, -0.15) is 0 Å². The van der Waals surface area contributed by atoms with Crippen molar-refractivity contribution in [2.24, 2.45) is 0 Å². The second-order valence-corrected chi connectivity index (χ2v) is 10.8. The number of hydrogen-bond donors (Lipinski definition) is 1. The van der Waals surface area contributed by atoms with Crippen LogP contribution in [0.4, 0.5) is 0 Å². The molecule has 0 saturated carbocycles. The molecule has 1 fully saturated rings. The third kappa shape index (κ3) is 6.38. The Morgan fingerprint density at radius 2 is 1.88 bits per heavy atom. The molecule has 2 aliphatic heterocycles. The number of ether oxygens (including phenoxy) is 3. The number of β-lactam (4-membered cyclic amide) rings is 1. The zero-order valence-corrected chi connectivity index (χ0v) is 21.0. The average molecular weight is 550 g/mol. The Bertz CT molecular complexity index is 1060. The van der Waals surface area contributed by atoms with Gasteiger partial charge in [-0.1, -0.05) is 64.8 Å². The van der Waals surface area contributed by atoms with Crippen LogP contribution in [0, 0.1) is 0 Å². The summed E-state index contributed by atoms with van der Waals surface area (Å²) in [6.07, 6.45) is 1.17. The van der Waals surface area contributed by atoms with Gasteiger partial charge in [0, 0.05) is 11.8 Å². The fourth-order valence-electron chi connectivity index (χ4n) is 3.07. The van der Waals surface area contributed by atoms with Gasteiger partial charge in [-0.15, -0.1) is 0 Å². The van der Waals surface area contributed by atoms with Gasteiger partial charge in [0.2, 0.25) is 3.79 Å². The number of alkyl halides is 3. The van der Waals surface area contributed by atoms with Crippen molar-refractivity contribution in [1.29, 1.82) is 0 Å². The van der Waals surface area contributed by atoms with E-state index in [4.69, 9.17) is 49.0 Å². The Labute approximate surface area is 214 Å². The maximum absolute atomic E-state index is 12.9. The first-order valence-electron chi connectivity index (χ1n) is 9.77. The second-order valence-electron chi connectivity index (χ2n) is 7.12. The van der Waals surface area contributed by atoms with Crippen molar-refractivity contribution in [3.05, 3.63) is 52.8 Å². The van der Waals surface area contributed by atoms with Gasteiger partial charge in [0.1, 0.15) is 35.7 Å². The molecule has 182 valence electrons. The normalized spacial score (nSPS) is 20.9. The van der Waals surface area contributed by atoms with Crippen LogP contribution in [0.15, 0.2) is 52.8 Å². The Balaban J connectivity index is 1.76. The molecule has 0 spiro atoms. The van der Waals surface area contributed by atoms with Crippen LogP contribution in [0.2, 0.25) is 0 Å². The van der Waals surface area contributed by atoms with Crippen LogP contribution in [0.1, 0.15) is 13.8 Å². The predicted octanol–water partition coefficient (Wildman–Crippen LogP) is 3.06. The lowest BCUT2D eigenvalue weighted by Crippen LogP contribution is -2.70. The molecule has 2 atom stereocenters. The van der Waals surface area contributed by atoms with Crippen LogP contribution in [0.5, 0.6) is 5.75 Å². The van der Waals surface area contributed by atoms with E-state index >= 15 is 0 Å². The monoisotopic (exact) mass is 548 g/mol. The Kier molecular flexibility index (Phi) is 8.40. The minimum atomic E-state index is -1.85. The molecule has 2 aliphatic rings. The molecule has 2 heterocycles. The van der Waals surface area contributed by atoms with E-state index in [9.17, 15) is 19.2 Å². The van der Waals surface area contributed by atoms with E-state index in [1.165, 1.54) is 18.1 Å². The fourth-order valence-corrected chi connectivity index (χ4v) is 4.51. The zero-order chi connectivity index (χ0) is 25.0. The van der Waals surface area contributed by atoms with Crippen molar-refractivity contribution in [3.8, 4) is 5.75 Å². The van der Waals surface area contributed by atoms with Crippen LogP contribution in [0.25, 0.3) is 0 Å². The maximum Gasteiger partial charge on any atom is 0.355 e. The summed E-state index contributed by atoms with van der Waals surface area (Å²) >= 11 is 18.1. The van der Waals surface area contributed by atoms with Gasteiger partial charge < -0.3 is 19.5 Å². The van der Waals surface area contributed by atoms with Crippen LogP contribution < -0.4 is 10.1 Å². The first-order valence-corrected chi connectivity index (χ1v) is 11.8. The van der Waals surface area contributed by atoms with Gasteiger partial charge in [-0.3, -0.25) is 19.3 Å². The Morgan fingerprint density at radius 3 is 2.50 bits per heavy atom. The number of amides is 2. The highest BCUT2D eigenvalue weighted by atomic mass is 35.6. The van der Waals surface area contributed by atoms with E-state index in [0.29, 0.717) is 16.2 Å². The van der Waals surface area contributed by atoms with Crippen LogP contribution in [-0.4, -0.2) is 57.1 Å². The zero-order valence-electron chi connectivity index (χ0n) is 17.9. The van der Waals surface area contributed by atoms with E-state index in [-0.39, 0.29) is 12.3 Å². The van der Waals surface area contributed by atoms with E-state index in [1.807, 2.05) is 0 Å². The molecule has 3 rings (SSSR count). The number of nitrogens with one attached hydrogen (secondary N) is 1. The number of allylic oxidation sites excluding steroid dienone is 1. The highest BCUT2D eigenvalue weighted by Gasteiger charge is 2.55. The van der Waals surface area contributed by atoms with Crippen molar-refractivity contribution < 1.29 is 33.4 Å². The van der Waals surface area contributed by atoms with Crippen molar-refractivity contribution >= 4 is 70.3 Å². The number of fused-ring (bicyclic) bond motifs is 1. The summed E-state index contributed by atoms with van der Waals surface area (Å²) in [5.74, 6) is -2.04. The molecule has 0 bridgehead atoms.